The highest BCUT2D eigenvalue weighted by atomic mass is 19.1. The van der Waals surface area contributed by atoms with Crippen LogP contribution in [0, 0.1) is 17.6 Å². The Labute approximate surface area is 249 Å². The highest BCUT2D eigenvalue weighted by molar-refractivity contribution is 6.08. The highest BCUT2D eigenvalue weighted by Gasteiger charge is 2.43. The number of amides is 1. The van der Waals surface area contributed by atoms with E-state index in [-0.39, 0.29) is 24.0 Å². The fourth-order valence-corrected chi connectivity index (χ4v) is 5.83. The molecule has 0 bridgehead atoms. The summed E-state index contributed by atoms with van der Waals surface area (Å²) in [6.07, 6.45) is 4.45. The molecular formula is C36H30F2N2O3. The van der Waals surface area contributed by atoms with E-state index in [0.717, 1.165) is 58.4 Å². The predicted molar refractivity (Wildman–Crippen MR) is 162 cm³/mol. The monoisotopic (exact) mass is 576 g/mol. The minimum absolute atomic E-state index is 0.0332. The summed E-state index contributed by atoms with van der Waals surface area (Å²) in [6, 6.07) is 29.5. The minimum Gasteiger partial charge on any atom is -0.455 e. The molecule has 2 aliphatic rings. The third-order valence-electron chi connectivity index (χ3n) is 7.95. The van der Waals surface area contributed by atoms with Crippen molar-refractivity contribution in [2.24, 2.45) is 11.0 Å². The number of hydrogen-bond acceptors (Lipinski definition) is 4. The number of halogens is 2. The summed E-state index contributed by atoms with van der Waals surface area (Å²) < 4.78 is 32.7. The molecule has 216 valence electrons. The van der Waals surface area contributed by atoms with Gasteiger partial charge in [0.1, 0.15) is 11.6 Å². The number of carbonyl (C=O) groups is 2. The Bertz CT molecular complexity index is 1660. The molecule has 1 amide bonds. The number of allylic oxidation sites excluding steroid dienone is 1. The molecule has 0 aromatic heterocycles. The summed E-state index contributed by atoms with van der Waals surface area (Å²) in [5.41, 5.74) is 6.26. The van der Waals surface area contributed by atoms with Gasteiger partial charge < -0.3 is 4.74 Å². The fraction of sp³-hybridized carbons (Fsp3) is 0.194. The Morgan fingerprint density at radius 2 is 1.49 bits per heavy atom. The van der Waals surface area contributed by atoms with E-state index in [0.29, 0.717) is 0 Å². The maximum Gasteiger partial charge on any atom is 0.310 e. The number of rotatable bonds is 7. The van der Waals surface area contributed by atoms with Gasteiger partial charge in [-0.15, -0.1) is 0 Å². The molecule has 0 saturated heterocycles. The van der Waals surface area contributed by atoms with Gasteiger partial charge in [-0.1, -0.05) is 78.9 Å². The van der Waals surface area contributed by atoms with Crippen molar-refractivity contribution >= 4 is 23.7 Å². The molecule has 1 aliphatic carbocycles. The molecule has 2 atom stereocenters. The Balaban J connectivity index is 1.18. The number of carbonyl (C=O) groups excluding carboxylic acids is 2. The summed E-state index contributed by atoms with van der Waals surface area (Å²) in [5, 5.41) is 6.15. The third-order valence-corrected chi connectivity index (χ3v) is 7.95. The van der Waals surface area contributed by atoms with Crippen molar-refractivity contribution in [3.63, 3.8) is 0 Å². The second-order valence-corrected chi connectivity index (χ2v) is 10.8. The Morgan fingerprint density at radius 1 is 0.837 bits per heavy atom. The van der Waals surface area contributed by atoms with Crippen LogP contribution in [0.2, 0.25) is 0 Å². The molecule has 1 fully saturated rings. The van der Waals surface area contributed by atoms with Crippen LogP contribution >= 0.6 is 0 Å². The van der Waals surface area contributed by atoms with Crippen LogP contribution in [-0.4, -0.2) is 29.2 Å². The first-order valence-electron chi connectivity index (χ1n) is 14.4. The number of ether oxygens (including phenoxy) is 1. The zero-order valence-electron chi connectivity index (χ0n) is 23.5. The molecule has 4 aromatic rings. The first-order chi connectivity index (χ1) is 20.9. The molecule has 1 aliphatic heterocycles. The van der Waals surface area contributed by atoms with Gasteiger partial charge in [0, 0.05) is 5.92 Å². The number of esters is 1. The van der Waals surface area contributed by atoms with Crippen LogP contribution in [-0.2, 0) is 20.7 Å². The van der Waals surface area contributed by atoms with Crippen molar-refractivity contribution in [1.82, 2.24) is 5.01 Å². The molecule has 1 saturated carbocycles. The van der Waals surface area contributed by atoms with Gasteiger partial charge in [-0.2, -0.15) is 5.10 Å². The van der Waals surface area contributed by atoms with E-state index >= 15 is 0 Å². The van der Waals surface area contributed by atoms with Gasteiger partial charge in [0.05, 0.1) is 18.2 Å². The van der Waals surface area contributed by atoms with Crippen LogP contribution < -0.4 is 0 Å². The first kappa shape index (κ1) is 28.2. The Hall–Kier alpha value is -4.91. The van der Waals surface area contributed by atoms with E-state index in [4.69, 9.17) is 9.84 Å². The van der Waals surface area contributed by atoms with Crippen LogP contribution in [0.3, 0.4) is 0 Å². The zero-order valence-corrected chi connectivity index (χ0v) is 23.5. The molecule has 6 rings (SSSR count). The van der Waals surface area contributed by atoms with Crippen molar-refractivity contribution in [3.8, 4) is 11.1 Å². The van der Waals surface area contributed by atoms with Gasteiger partial charge in [0.15, 0.2) is 6.61 Å². The van der Waals surface area contributed by atoms with Crippen molar-refractivity contribution in [2.75, 3.05) is 6.61 Å². The lowest BCUT2D eigenvalue weighted by Crippen LogP contribution is -2.34. The lowest BCUT2D eigenvalue weighted by Gasteiger charge is -2.29. The average Bonchev–Trinajstić information content (AvgIpc) is 3.43. The summed E-state index contributed by atoms with van der Waals surface area (Å²) in [7, 11) is 0. The third kappa shape index (κ3) is 6.46. The predicted octanol–water partition coefficient (Wildman–Crippen LogP) is 7.54. The molecule has 4 aromatic carbocycles. The summed E-state index contributed by atoms with van der Waals surface area (Å²) >= 11 is 0. The second-order valence-electron chi connectivity index (χ2n) is 10.8. The van der Waals surface area contributed by atoms with Crippen molar-refractivity contribution in [3.05, 3.63) is 137 Å². The van der Waals surface area contributed by atoms with E-state index in [1.54, 1.807) is 24.3 Å². The summed E-state index contributed by atoms with van der Waals surface area (Å²) in [4.78, 5) is 26.2. The zero-order chi connectivity index (χ0) is 29.8. The molecule has 5 nitrogen and oxygen atoms in total. The Kier molecular flexibility index (Phi) is 8.22. The first-order valence-corrected chi connectivity index (χ1v) is 14.4. The number of hydrogen-bond donors (Lipinski definition) is 0. The highest BCUT2D eigenvalue weighted by Crippen LogP contribution is 2.44. The standard InChI is InChI=1S/C36H30F2N2O3/c37-30-17-11-24(12-18-30)21-29-7-4-8-32-35(29)39-40(36(32)28-15-19-31(38)20-16-28)33(41)23-43-34(42)22-25-9-13-27(14-10-25)26-5-2-1-3-6-26/h1-3,5-6,9-21,32,36H,4,7-8,22-23H2/b29-21-. The van der Waals surface area contributed by atoms with Crippen LogP contribution in [0.15, 0.2) is 114 Å². The van der Waals surface area contributed by atoms with Gasteiger partial charge >= 0.3 is 5.97 Å². The minimum atomic E-state index is -0.514. The SMILES string of the molecule is O=C(Cc1ccc(-c2ccccc2)cc1)OCC(=O)N1N=C2/C(=C\c3ccc(F)cc3)CCCC2C1c1ccc(F)cc1. The van der Waals surface area contributed by atoms with E-state index in [2.05, 4.69) is 0 Å². The number of nitrogens with zero attached hydrogens (tertiary/aromatic N) is 2. The molecule has 2 unspecified atom stereocenters. The van der Waals surface area contributed by atoms with Gasteiger partial charge in [0.25, 0.3) is 5.91 Å². The van der Waals surface area contributed by atoms with E-state index < -0.39 is 24.5 Å². The van der Waals surface area contributed by atoms with Crippen molar-refractivity contribution in [1.29, 1.82) is 0 Å². The van der Waals surface area contributed by atoms with E-state index in [9.17, 15) is 18.4 Å². The lowest BCUT2D eigenvalue weighted by atomic mass is 9.77. The molecule has 0 radical (unpaired) electrons. The van der Waals surface area contributed by atoms with Gasteiger partial charge in [0.2, 0.25) is 0 Å². The number of hydrazone groups is 1. The molecule has 0 spiro atoms. The van der Waals surface area contributed by atoms with Crippen molar-refractivity contribution in [2.45, 2.75) is 31.7 Å². The lowest BCUT2D eigenvalue weighted by molar-refractivity contribution is -0.152. The van der Waals surface area contributed by atoms with Gasteiger partial charge in [-0.3, -0.25) is 9.59 Å². The molecule has 7 heteroatoms. The van der Waals surface area contributed by atoms with Gasteiger partial charge in [-0.25, -0.2) is 13.8 Å². The topological polar surface area (TPSA) is 59.0 Å². The number of fused-ring (bicyclic) bond motifs is 1. The maximum absolute atomic E-state index is 13.8. The van der Waals surface area contributed by atoms with Gasteiger partial charge in [-0.05, 0) is 83.0 Å². The van der Waals surface area contributed by atoms with Crippen LogP contribution in [0.1, 0.15) is 42.0 Å². The fourth-order valence-electron chi connectivity index (χ4n) is 5.83. The Morgan fingerprint density at radius 3 is 2.19 bits per heavy atom. The van der Waals surface area contributed by atoms with E-state index in [1.165, 1.54) is 29.3 Å². The summed E-state index contributed by atoms with van der Waals surface area (Å²) in [5.74, 6) is -1.75. The van der Waals surface area contributed by atoms with Crippen LogP contribution in [0.5, 0.6) is 0 Å². The molecule has 0 N–H and O–H groups in total. The normalized spacial score (nSPS) is 18.7. The quantitative estimate of drug-likeness (QED) is 0.214. The van der Waals surface area contributed by atoms with E-state index in [1.807, 2.05) is 60.7 Å². The number of benzene rings is 4. The molecule has 43 heavy (non-hydrogen) atoms. The van der Waals surface area contributed by atoms with Crippen LogP contribution in [0.4, 0.5) is 8.78 Å². The molecular weight excluding hydrogens is 546 g/mol. The van der Waals surface area contributed by atoms with Crippen molar-refractivity contribution < 1.29 is 23.1 Å². The second kappa shape index (κ2) is 12.5. The molecule has 1 heterocycles. The maximum atomic E-state index is 13.8. The van der Waals surface area contributed by atoms with Crippen LogP contribution in [0.25, 0.3) is 17.2 Å². The summed E-state index contributed by atoms with van der Waals surface area (Å²) in [6.45, 7) is -0.459. The largest absolute Gasteiger partial charge is 0.455 e. The smallest absolute Gasteiger partial charge is 0.310 e. The average molecular weight is 577 g/mol.